The highest BCUT2D eigenvalue weighted by Gasteiger charge is 2.16. The standard InChI is InChI=1S/C25H27N3O3/c1-18(21-12-11-20-9-5-6-10-22(20)13-21)27-24(29)17-31-25(30)23-14-26-28(16-23)15-19-7-3-2-4-8-19/h2-4,7-8,11-14,16,18H,5-6,9-10,15,17H2,1H3,(H,27,29)/t18-/m0/s1. The predicted molar refractivity (Wildman–Crippen MR) is 118 cm³/mol. The van der Waals surface area contributed by atoms with Crippen LogP contribution in [0, 0.1) is 0 Å². The highest BCUT2D eigenvalue weighted by molar-refractivity contribution is 5.90. The third kappa shape index (κ3) is 5.40. The molecule has 0 saturated carbocycles. The lowest BCUT2D eigenvalue weighted by Gasteiger charge is -2.20. The molecule has 1 aliphatic carbocycles. The van der Waals surface area contributed by atoms with Crippen LogP contribution in [0.4, 0.5) is 0 Å². The number of ether oxygens (including phenoxy) is 1. The van der Waals surface area contributed by atoms with Crippen LogP contribution in [0.5, 0.6) is 0 Å². The van der Waals surface area contributed by atoms with Crippen molar-refractivity contribution < 1.29 is 14.3 Å². The monoisotopic (exact) mass is 417 g/mol. The second-order valence-electron chi connectivity index (χ2n) is 8.01. The van der Waals surface area contributed by atoms with Gasteiger partial charge >= 0.3 is 5.97 Å². The summed E-state index contributed by atoms with van der Waals surface area (Å²) in [6.07, 6.45) is 7.78. The van der Waals surface area contributed by atoms with Crippen LogP contribution in [-0.2, 0) is 28.9 Å². The van der Waals surface area contributed by atoms with Gasteiger partial charge in [-0.3, -0.25) is 9.48 Å². The largest absolute Gasteiger partial charge is 0.452 e. The van der Waals surface area contributed by atoms with Crippen LogP contribution >= 0.6 is 0 Å². The second kappa shape index (κ2) is 9.60. The molecule has 6 nitrogen and oxygen atoms in total. The van der Waals surface area contributed by atoms with E-state index in [1.54, 1.807) is 10.9 Å². The molecule has 0 unspecified atom stereocenters. The number of rotatable bonds is 7. The molecular formula is C25H27N3O3. The first kappa shape index (κ1) is 20.8. The van der Waals surface area contributed by atoms with Crippen LogP contribution in [-0.4, -0.2) is 28.3 Å². The van der Waals surface area contributed by atoms with Crippen molar-refractivity contribution in [2.24, 2.45) is 0 Å². The van der Waals surface area contributed by atoms with Crippen molar-refractivity contribution in [1.82, 2.24) is 15.1 Å². The van der Waals surface area contributed by atoms with Crippen molar-refractivity contribution in [3.8, 4) is 0 Å². The number of carbonyl (C=O) groups excluding carboxylic acids is 2. The summed E-state index contributed by atoms with van der Waals surface area (Å²) in [5, 5.41) is 7.11. The summed E-state index contributed by atoms with van der Waals surface area (Å²) >= 11 is 0. The van der Waals surface area contributed by atoms with E-state index in [0.717, 1.165) is 24.0 Å². The van der Waals surface area contributed by atoms with E-state index in [2.05, 4.69) is 28.6 Å². The van der Waals surface area contributed by atoms with Gasteiger partial charge < -0.3 is 10.1 Å². The summed E-state index contributed by atoms with van der Waals surface area (Å²) < 4.78 is 6.85. The summed E-state index contributed by atoms with van der Waals surface area (Å²) in [5.74, 6) is -0.883. The fourth-order valence-electron chi connectivity index (χ4n) is 3.93. The molecule has 160 valence electrons. The maximum absolute atomic E-state index is 12.3. The minimum absolute atomic E-state index is 0.146. The number of benzene rings is 2. The van der Waals surface area contributed by atoms with Crippen LogP contribution in [0.1, 0.15) is 58.4 Å². The van der Waals surface area contributed by atoms with E-state index >= 15 is 0 Å². The zero-order chi connectivity index (χ0) is 21.6. The maximum atomic E-state index is 12.3. The zero-order valence-electron chi connectivity index (χ0n) is 17.7. The van der Waals surface area contributed by atoms with Crippen LogP contribution in [0.2, 0.25) is 0 Å². The smallest absolute Gasteiger partial charge is 0.341 e. The molecule has 1 aliphatic rings. The average Bonchev–Trinajstić information content (AvgIpc) is 3.26. The van der Waals surface area contributed by atoms with E-state index in [1.807, 2.05) is 37.3 Å². The number of carbonyl (C=O) groups is 2. The molecule has 0 spiro atoms. The van der Waals surface area contributed by atoms with E-state index < -0.39 is 5.97 Å². The van der Waals surface area contributed by atoms with E-state index in [4.69, 9.17) is 4.74 Å². The topological polar surface area (TPSA) is 73.2 Å². The molecule has 0 saturated heterocycles. The van der Waals surface area contributed by atoms with E-state index in [-0.39, 0.29) is 18.6 Å². The Bertz CT molecular complexity index is 1060. The summed E-state index contributed by atoms with van der Waals surface area (Å²) in [6, 6.07) is 16.1. The third-order valence-electron chi connectivity index (χ3n) is 5.64. The fourth-order valence-corrected chi connectivity index (χ4v) is 3.93. The van der Waals surface area contributed by atoms with Gasteiger partial charge in [-0.25, -0.2) is 4.79 Å². The molecule has 31 heavy (non-hydrogen) atoms. The summed E-state index contributed by atoms with van der Waals surface area (Å²) in [6.45, 7) is 2.18. The molecule has 2 aromatic carbocycles. The quantitative estimate of drug-likeness (QED) is 0.593. The molecule has 6 heteroatoms. The highest BCUT2D eigenvalue weighted by atomic mass is 16.5. The molecule has 3 aromatic rings. The van der Waals surface area contributed by atoms with Gasteiger partial charge in [0.15, 0.2) is 6.61 Å². The van der Waals surface area contributed by atoms with Crippen molar-refractivity contribution >= 4 is 11.9 Å². The fraction of sp³-hybridized carbons (Fsp3) is 0.320. The molecule has 0 aliphatic heterocycles. The van der Waals surface area contributed by atoms with Crippen molar-refractivity contribution in [3.05, 3.63) is 88.7 Å². The van der Waals surface area contributed by atoms with Gasteiger partial charge in [-0.1, -0.05) is 48.5 Å². The molecule has 1 N–H and O–H groups in total. The number of esters is 1. The Morgan fingerprint density at radius 1 is 1.10 bits per heavy atom. The molecule has 0 radical (unpaired) electrons. The van der Waals surface area contributed by atoms with Gasteiger partial charge in [-0.15, -0.1) is 0 Å². The molecule has 1 aromatic heterocycles. The Morgan fingerprint density at radius 2 is 1.87 bits per heavy atom. The van der Waals surface area contributed by atoms with Gasteiger partial charge in [0.25, 0.3) is 5.91 Å². The lowest BCUT2D eigenvalue weighted by Crippen LogP contribution is -2.31. The number of hydrogen-bond donors (Lipinski definition) is 1. The lowest BCUT2D eigenvalue weighted by atomic mass is 9.89. The number of aryl methyl sites for hydroxylation is 2. The van der Waals surface area contributed by atoms with Crippen LogP contribution in [0.3, 0.4) is 0 Å². The first-order valence-electron chi connectivity index (χ1n) is 10.7. The van der Waals surface area contributed by atoms with Crippen molar-refractivity contribution in [1.29, 1.82) is 0 Å². The Balaban J connectivity index is 1.27. The Labute approximate surface area is 182 Å². The second-order valence-corrected chi connectivity index (χ2v) is 8.01. The maximum Gasteiger partial charge on any atom is 0.341 e. The van der Waals surface area contributed by atoms with Crippen LogP contribution in [0.15, 0.2) is 60.9 Å². The SMILES string of the molecule is C[C@H](NC(=O)COC(=O)c1cnn(Cc2ccccc2)c1)c1ccc2c(c1)CCCC2. The summed E-state index contributed by atoms with van der Waals surface area (Å²) in [5.41, 5.74) is 5.27. The third-order valence-corrected chi connectivity index (χ3v) is 5.64. The Morgan fingerprint density at radius 3 is 2.68 bits per heavy atom. The number of nitrogens with zero attached hydrogens (tertiary/aromatic N) is 2. The van der Waals surface area contributed by atoms with E-state index in [0.29, 0.717) is 12.1 Å². The van der Waals surface area contributed by atoms with E-state index in [1.165, 1.54) is 30.2 Å². The summed E-state index contributed by atoms with van der Waals surface area (Å²) in [4.78, 5) is 24.6. The normalized spacial score (nSPS) is 13.8. The molecular weight excluding hydrogens is 390 g/mol. The number of hydrogen-bond acceptors (Lipinski definition) is 4. The average molecular weight is 418 g/mol. The molecule has 1 heterocycles. The minimum atomic E-state index is -0.559. The predicted octanol–water partition coefficient (Wildman–Crippen LogP) is 3.84. The van der Waals surface area contributed by atoms with Crippen molar-refractivity contribution in [3.63, 3.8) is 0 Å². The van der Waals surface area contributed by atoms with Crippen molar-refractivity contribution in [2.75, 3.05) is 6.61 Å². The van der Waals surface area contributed by atoms with Gasteiger partial charge in [-0.05, 0) is 54.9 Å². The van der Waals surface area contributed by atoms with Gasteiger partial charge in [0.1, 0.15) is 0 Å². The van der Waals surface area contributed by atoms with E-state index in [9.17, 15) is 9.59 Å². The van der Waals surface area contributed by atoms with Gasteiger partial charge in [-0.2, -0.15) is 5.10 Å². The first-order chi connectivity index (χ1) is 15.1. The molecule has 0 bridgehead atoms. The Kier molecular flexibility index (Phi) is 6.46. The number of amides is 1. The number of aromatic nitrogens is 2. The van der Waals surface area contributed by atoms with Gasteiger partial charge in [0, 0.05) is 6.20 Å². The van der Waals surface area contributed by atoms with Crippen LogP contribution in [0.25, 0.3) is 0 Å². The van der Waals surface area contributed by atoms with Crippen molar-refractivity contribution in [2.45, 2.75) is 45.2 Å². The molecule has 4 rings (SSSR count). The Hall–Kier alpha value is -3.41. The zero-order valence-corrected chi connectivity index (χ0v) is 17.7. The minimum Gasteiger partial charge on any atom is -0.452 e. The molecule has 1 atom stereocenters. The highest BCUT2D eigenvalue weighted by Crippen LogP contribution is 2.24. The van der Waals surface area contributed by atoms with Crippen LogP contribution < -0.4 is 5.32 Å². The van der Waals surface area contributed by atoms with Gasteiger partial charge in [0.2, 0.25) is 0 Å². The first-order valence-corrected chi connectivity index (χ1v) is 10.7. The molecule has 1 amide bonds. The number of fused-ring (bicyclic) bond motifs is 1. The number of nitrogens with one attached hydrogen (secondary N) is 1. The summed E-state index contributed by atoms with van der Waals surface area (Å²) in [7, 11) is 0. The molecule has 0 fully saturated rings. The lowest BCUT2D eigenvalue weighted by molar-refractivity contribution is -0.124. The van der Waals surface area contributed by atoms with Gasteiger partial charge in [0.05, 0.1) is 24.3 Å².